The molecule has 0 aliphatic carbocycles. The van der Waals surface area contributed by atoms with Crippen LogP contribution in [0.2, 0.25) is 0 Å². The van der Waals surface area contributed by atoms with E-state index in [-0.39, 0.29) is 0 Å². The molecule has 9 aromatic carbocycles. The summed E-state index contributed by atoms with van der Waals surface area (Å²) in [5.74, 6) is 2.79. The van der Waals surface area contributed by atoms with E-state index in [1.165, 1.54) is 10.8 Å². The van der Waals surface area contributed by atoms with Gasteiger partial charge in [-0.05, 0) is 74.1 Å². The van der Waals surface area contributed by atoms with Crippen molar-refractivity contribution in [3.8, 4) is 51.2 Å². The number of rotatable bonds is 5. The lowest BCUT2D eigenvalue weighted by Crippen LogP contribution is -2.00. The molecule has 5 nitrogen and oxygen atoms in total. The third kappa shape index (κ3) is 5.33. The number of benzene rings is 9. The average Bonchev–Trinajstić information content (AvgIpc) is 3.66. The summed E-state index contributed by atoms with van der Waals surface area (Å²) in [5.41, 5.74) is 6.92. The van der Waals surface area contributed by atoms with E-state index >= 15 is 0 Å². The highest BCUT2D eigenvalue weighted by Gasteiger charge is 2.19. The molecule has 0 amide bonds. The van der Waals surface area contributed by atoms with E-state index in [2.05, 4.69) is 187 Å². The zero-order chi connectivity index (χ0) is 36.3. The van der Waals surface area contributed by atoms with E-state index in [9.17, 15) is 0 Å². The first kappa shape index (κ1) is 31.1. The van der Waals surface area contributed by atoms with Gasteiger partial charge in [0.15, 0.2) is 17.5 Å². The number of hydrogen-bond acceptors (Lipinski definition) is 4. The molecule has 0 saturated carbocycles. The molecule has 5 heteroatoms. The number of imidazole rings is 1. The van der Waals surface area contributed by atoms with Gasteiger partial charge in [0.25, 0.3) is 0 Å². The van der Waals surface area contributed by atoms with Crippen LogP contribution in [-0.4, -0.2) is 24.5 Å². The second-order valence-corrected chi connectivity index (χ2v) is 13.9. The number of hydrogen-bond donors (Lipinski definition) is 0. The van der Waals surface area contributed by atoms with Crippen molar-refractivity contribution in [3.05, 3.63) is 188 Å². The lowest BCUT2D eigenvalue weighted by atomic mass is 9.98. The van der Waals surface area contributed by atoms with E-state index in [0.717, 1.165) is 77.1 Å². The Bertz CT molecular complexity index is 3160. The fraction of sp³-hybridized carbons (Fsp3) is 0. The summed E-state index contributed by atoms with van der Waals surface area (Å²) in [6.45, 7) is 0. The van der Waals surface area contributed by atoms with Crippen LogP contribution in [0.5, 0.6) is 0 Å². The molecule has 256 valence electrons. The van der Waals surface area contributed by atoms with Crippen molar-refractivity contribution in [1.29, 1.82) is 0 Å². The van der Waals surface area contributed by atoms with Crippen LogP contribution in [0.25, 0.3) is 105 Å². The monoisotopic (exact) mass is 701 g/mol. The first-order valence-corrected chi connectivity index (χ1v) is 18.5. The van der Waals surface area contributed by atoms with Gasteiger partial charge < -0.3 is 0 Å². The fourth-order valence-corrected chi connectivity index (χ4v) is 7.87. The molecule has 2 aromatic heterocycles. The minimum absolute atomic E-state index is 0.619. The maximum atomic E-state index is 5.26. The van der Waals surface area contributed by atoms with Gasteiger partial charge in [0.2, 0.25) is 0 Å². The Labute approximate surface area is 316 Å². The van der Waals surface area contributed by atoms with Crippen LogP contribution in [-0.2, 0) is 0 Å². The van der Waals surface area contributed by atoms with Crippen LogP contribution in [0.3, 0.4) is 0 Å². The number of fused-ring (bicyclic) bond motifs is 7. The summed E-state index contributed by atoms with van der Waals surface area (Å²) in [6, 6.07) is 65.8. The van der Waals surface area contributed by atoms with Crippen molar-refractivity contribution in [2.75, 3.05) is 0 Å². The van der Waals surface area contributed by atoms with Gasteiger partial charge in [-0.3, -0.25) is 4.57 Å². The zero-order valence-electron chi connectivity index (χ0n) is 29.6. The third-order valence-electron chi connectivity index (χ3n) is 10.6. The van der Waals surface area contributed by atoms with E-state index in [4.69, 9.17) is 19.9 Å². The molecule has 0 radical (unpaired) electrons. The van der Waals surface area contributed by atoms with E-state index in [0.29, 0.717) is 17.5 Å². The number of aromatic nitrogens is 5. The molecule has 0 spiro atoms. The Balaban J connectivity index is 1.17. The molecule has 2 heterocycles. The molecule has 0 fully saturated rings. The molecule has 0 bridgehead atoms. The molecule has 0 unspecified atom stereocenters. The molecular weight excluding hydrogens is 671 g/mol. The Kier molecular flexibility index (Phi) is 7.10. The smallest absolute Gasteiger partial charge is 0.164 e. The molecule has 55 heavy (non-hydrogen) atoms. The summed E-state index contributed by atoms with van der Waals surface area (Å²) in [5, 5.41) is 9.13. The predicted molar refractivity (Wildman–Crippen MR) is 226 cm³/mol. The molecule has 11 aromatic rings. The van der Waals surface area contributed by atoms with Gasteiger partial charge >= 0.3 is 0 Å². The molecule has 0 atom stereocenters. The van der Waals surface area contributed by atoms with Gasteiger partial charge in [-0.25, -0.2) is 19.9 Å². The van der Waals surface area contributed by atoms with E-state index in [1.807, 2.05) is 6.07 Å². The molecular formula is C50H31N5. The minimum Gasteiger partial charge on any atom is -0.292 e. The van der Waals surface area contributed by atoms with Crippen molar-refractivity contribution < 1.29 is 0 Å². The second kappa shape index (κ2) is 12.6. The lowest BCUT2D eigenvalue weighted by Gasteiger charge is -2.13. The number of para-hydroxylation sites is 1. The summed E-state index contributed by atoms with van der Waals surface area (Å²) in [6.07, 6.45) is 0. The van der Waals surface area contributed by atoms with Gasteiger partial charge in [0.1, 0.15) is 5.82 Å². The highest BCUT2D eigenvalue weighted by atomic mass is 15.1. The molecule has 0 aliphatic rings. The van der Waals surface area contributed by atoms with Gasteiger partial charge in [-0.2, -0.15) is 0 Å². The maximum Gasteiger partial charge on any atom is 0.164 e. The Morgan fingerprint density at radius 2 is 0.800 bits per heavy atom. The summed E-state index contributed by atoms with van der Waals surface area (Å²) in [4.78, 5) is 20.7. The molecule has 0 N–H and O–H groups in total. The highest BCUT2D eigenvalue weighted by Crippen LogP contribution is 2.38. The van der Waals surface area contributed by atoms with Crippen LogP contribution in [0.15, 0.2) is 188 Å². The average molecular weight is 702 g/mol. The lowest BCUT2D eigenvalue weighted by molar-refractivity contribution is 1.08. The van der Waals surface area contributed by atoms with E-state index < -0.39 is 0 Å². The van der Waals surface area contributed by atoms with Gasteiger partial charge in [0, 0.05) is 33.3 Å². The van der Waals surface area contributed by atoms with Crippen LogP contribution in [0.4, 0.5) is 0 Å². The normalized spacial score (nSPS) is 11.6. The molecule has 0 aliphatic heterocycles. The Morgan fingerprint density at radius 1 is 0.327 bits per heavy atom. The fourth-order valence-electron chi connectivity index (χ4n) is 7.87. The van der Waals surface area contributed by atoms with Gasteiger partial charge in [-0.15, -0.1) is 0 Å². The van der Waals surface area contributed by atoms with Crippen LogP contribution >= 0.6 is 0 Å². The van der Waals surface area contributed by atoms with Crippen molar-refractivity contribution in [2.45, 2.75) is 0 Å². The Morgan fingerprint density at radius 3 is 1.42 bits per heavy atom. The second-order valence-electron chi connectivity index (χ2n) is 13.9. The van der Waals surface area contributed by atoms with Crippen LogP contribution in [0.1, 0.15) is 0 Å². The van der Waals surface area contributed by atoms with Gasteiger partial charge in [0.05, 0.1) is 11.0 Å². The van der Waals surface area contributed by atoms with Crippen molar-refractivity contribution >= 4 is 54.1 Å². The first-order chi connectivity index (χ1) is 27.2. The van der Waals surface area contributed by atoms with Crippen LogP contribution < -0.4 is 0 Å². The zero-order valence-corrected chi connectivity index (χ0v) is 29.6. The predicted octanol–water partition coefficient (Wildman–Crippen LogP) is 12.5. The molecule has 11 rings (SSSR count). The van der Waals surface area contributed by atoms with Crippen molar-refractivity contribution in [2.24, 2.45) is 0 Å². The summed E-state index contributed by atoms with van der Waals surface area (Å²) >= 11 is 0. The molecule has 0 saturated heterocycles. The quantitative estimate of drug-likeness (QED) is 0.168. The van der Waals surface area contributed by atoms with Crippen LogP contribution in [0, 0.1) is 0 Å². The minimum atomic E-state index is 0.619. The van der Waals surface area contributed by atoms with Crippen molar-refractivity contribution in [1.82, 2.24) is 24.5 Å². The maximum absolute atomic E-state index is 5.26. The SMILES string of the molecule is c1ccc(-c2nc3ccc4ccc5ccc(-c6nc(-c7ccc8ccccc8c7)nc(-c7ccc8ccccc8c7)n6)cc5c4c3n2-c2ccccc2)cc1. The highest BCUT2D eigenvalue weighted by molar-refractivity contribution is 6.20. The third-order valence-corrected chi connectivity index (χ3v) is 10.6. The summed E-state index contributed by atoms with van der Waals surface area (Å²) in [7, 11) is 0. The number of nitrogens with zero attached hydrogens (tertiary/aromatic N) is 5. The van der Waals surface area contributed by atoms with Crippen molar-refractivity contribution in [3.63, 3.8) is 0 Å². The first-order valence-electron chi connectivity index (χ1n) is 18.5. The standard InChI is InChI=1S/C50H31N5/c1-3-13-36(14-4-1)50-51-44-28-27-35-23-21-34-22-26-41(31-43(34)45(35)46(44)55(50)42-17-5-2-6-18-42)49-53-47(39-24-19-32-11-7-9-15-37(32)29-39)52-48(54-49)40-25-20-33-12-8-10-16-38(33)30-40/h1-31H. The Hall–Kier alpha value is -7.50. The summed E-state index contributed by atoms with van der Waals surface area (Å²) < 4.78 is 2.30. The van der Waals surface area contributed by atoms with E-state index in [1.54, 1.807) is 0 Å². The van der Waals surface area contributed by atoms with Gasteiger partial charge in [-0.1, -0.05) is 152 Å². The topological polar surface area (TPSA) is 56.5 Å². The largest absolute Gasteiger partial charge is 0.292 e.